The maximum atomic E-state index is 10.2. The number of nitrogen functional groups attached to an aromatic ring is 1. The van der Waals surface area contributed by atoms with E-state index < -0.39 is 0 Å². The van der Waals surface area contributed by atoms with Crippen molar-refractivity contribution < 1.29 is 5.11 Å². The van der Waals surface area contributed by atoms with E-state index in [9.17, 15) is 5.11 Å². The van der Waals surface area contributed by atoms with Crippen molar-refractivity contribution in [3.63, 3.8) is 0 Å². The number of phenolic OH excluding ortho intramolecular Hbond substituents is 1. The first kappa shape index (κ1) is 17.5. The second kappa shape index (κ2) is 6.20. The monoisotopic (exact) mass is 359 g/mol. The van der Waals surface area contributed by atoms with E-state index in [1.54, 1.807) is 12.1 Å². The van der Waals surface area contributed by atoms with Crippen LogP contribution in [0.5, 0.6) is 5.75 Å². The average Bonchev–Trinajstić information content (AvgIpc) is 2.89. The number of nitrogens with zero attached hydrogens (tertiary/aromatic N) is 3. The molecule has 3 rings (SSSR count). The molecule has 0 amide bonds. The van der Waals surface area contributed by atoms with E-state index in [2.05, 4.69) is 30.7 Å². The molecule has 0 radical (unpaired) electrons. The van der Waals surface area contributed by atoms with Gasteiger partial charge in [0.05, 0.1) is 10.4 Å². The number of phenols is 1. The molecule has 0 atom stereocenters. The first-order chi connectivity index (χ1) is 11.7. The molecule has 6 nitrogen and oxygen atoms in total. The summed E-state index contributed by atoms with van der Waals surface area (Å²) in [5, 5.41) is 11.3. The Kier molecular flexibility index (Phi) is 4.34. The van der Waals surface area contributed by atoms with E-state index in [1.807, 2.05) is 10.8 Å². The molecule has 7 heteroatoms. The highest BCUT2D eigenvalue weighted by atomic mass is 35.5. The molecule has 5 N–H and O–H groups in total. The van der Waals surface area contributed by atoms with E-state index in [0.717, 1.165) is 27.7 Å². The van der Waals surface area contributed by atoms with Crippen LogP contribution in [0.15, 0.2) is 24.7 Å². The molecule has 0 saturated heterocycles. The zero-order valence-corrected chi connectivity index (χ0v) is 15.3. The second-order valence-corrected chi connectivity index (χ2v) is 7.49. The molecule has 0 unspecified atom stereocenters. The van der Waals surface area contributed by atoms with Gasteiger partial charge in [-0.15, -0.1) is 0 Å². The molecule has 0 fully saturated rings. The number of benzene rings is 1. The van der Waals surface area contributed by atoms with Crippen LogP contribution < -0.4 is 11.5 Å². The number of rotatable bonds is 3. The number of anilines is 1. The number of aromatic hydroxyl groups is 1. The van der Waals surface area contributed by atoms with Crippen LogP contribution in [0, 0.1) is 0 Å². The van der Waals surface area contributed by atoms with Crippen molar-refractivity contribution in [3.8, 4) is 16.9 Å². The molecular formula is C18H22ClN5O. The molecule has 3 aromatic rings. The lowest BCUT2D eigenvalue weighted by Crippen LogP contribution is -2.13. The topological polar surface area (TPSA) is 103 Å². The van der Waals surface area contributed by atoms with Crippen LogP contribution in [0.25, 0.3) is 22.2 Å². The fourth-order valence-corrected chi connectivity index (χ4v) is 3.23. The van der Waals surface area contributed by atoms with E-state index in [-0.39, 0.29) is 11.2 Å². The number of hydrogen-bond acceptors (Lipinski definition) is 5. The van der Waals surface area contributed by atoms with Gasteiger partial charge in [0, 0.05) is 24.8 Å². The van der Waals surface area contributed by atoms with Gasteiger partial charge in [0.25, 0.3) is 0 Å². The van der Waals surface area contributed by atoms with Crippen molar-refractivity contribution >= 4 is 28.5 Å². The molecule has 0 aliphatic heterocycles. The Morgan fingerprint density at radius 3 is 2.56 bits per heavy atom. The van der Waals surface area contributed by atoms with Crippen molar-refractivity contribution in [1.82, 2.24) is 14.5 Å². The van der Waals surface area contributed by atoms with E-state index in [4.69, 9.17) is 23.1 Å². The van der Waals surface area contributed by atoms with Crippen LogP contribution in [-0.2, 0) is 12.0 Å². The summed E-state index contributed by atoms with van der Waals surface area (Å²) in [6, 6.07) is 3.48. The van der Waals surface area contributed by atoms with Gasteiger partial charge in [-0.05, 0) is 28.7 Å². The standard InChI is InChI=1S/C18H22ClN5O/c1-18(2,3)12-7-13(19)14(25)6-10(12)11-8-24(5-4-20)17-15(11)16(21)22-9-23-17/h6-9,25H,4-5,20H2,1-3H3,(H2,21,22,23). The predicted octanol–water partition coefficient (Wildman–Crippen LogP) is 3.30. The third kappa shape index (κ3) is 3.03. The molecule has 2 heterocycles. The zero-order chi connectivity index (χ0) is 18.4. The molecule has 1 aromatic carbocycles. The fourth-order valence-electron chi connectivity index (χ4n) is 3.07. The molecule has 0 saturated carbocycles. The Morgan fingerprint density at radius 2 is 1.92 bits per heavy atom. The van der Waals surface area contributed by atoms with Crippen LogP contribution >= 0.6 is 11.6 Å². The van der Waals surface area contributed by atoms with Gasteiger partial charge in [0.15, 0.2) is 0 Å². The van der Waals surface area contributed by atoms with Gasteiger partial charge in [-0.25, -0.2) is 9.97 Å². The summed E-state index contributed by atoms with van der Waals surface area (Å²) in [4.78, 5) is 8.50. The Bertz CT molecular complexity index is 943. The fraction of sp³-hybridized carbons (Fsp3) is 0.333. The smallest absolute Gasteiger partial charge is 0.146 e. The van der Waals surface area contributed by atoms with Gasteiger partial charge < -0.3 is 21.1 Å². The molecule has 132 valence electrons. The number of aromatic nitrogens is 3. The minimum atomic E-state index is -0.181. The summed E-state index contributed by atoms with van der Waals surface area (Å²) in [5.41, 5.74) is 15.1. The maximum absolute atomic E-state index is 10.2. The van der Waals surface area contributed by atoms with Gasteiger partial charge in [0.2, 0.25) is 0 Å². The van der Waals surface area contributed by atoms with Crippen molar-refractivity contribution in [3.05, 3.63) is 35.2 Å². The lowest BCUT2D eigenvalue weighted by atomic mass is 9.81. The normalized spacial score (nSPS) is 12.0. The maximum Gasteiger partial charge on any atom is 0.146 e. The van der Waals surface area contributed by atoms with Crippen LogP contribution in [0.3, 0.4) is 0 Å². The third-order valence-electron chi connectivity index (χ3n) is 4.24. The summed E-state index contributed by atoms with van der Waals surface area (Å²) >= 11 is 6.16. The SMILES string of the molecule is CC(C)(C)c1cc(Cl)c(O)cc1-c1cn(CCN)c2ncnc(N)c12. The Labute approximate surface area is 151 Å². The van der Waals surface area contributed by atoms with Crippen molar-refractivity contribution in [1.29, 1.82) is 0 Å². The van der Waals surface area contributed by atoms with Gasteiger partial charge in [-0.1, -0.05) is 32.4 Å². The largest absolute Gasteiger partial charge is 0.506 e. The highest BCUT2D eigenvalue weighted by Gasteiger charge is 2.24. The number of nitrogens with two attached hydrogens (primary N) is 2. The van der Waals surface area contributed by atoms with Crippen LogP contribution in [-0.4, -0.2) is 26.2 Å². The molecule has 25 heavy (non-hydrogen) atoms. The summed E-state index contributed by atoms with van der Waals surface area (Å²) < 4.78 is 1.96. The second-order valence-electron chi connectivity index (χ2n) is 7.08. The highest BCUT2D eigenvalue weighted by Crippen LogP contribution is 2.42. The van der Waals surface area contributed by atoms with Crippen LogP contribution in [0.4, 0.5) is 5.82 Å². The summed E-state index contributed by atoms with van der Waals surface area (Å²) in [6.45, 7) is 7.37. The van der Waals surface area contributed by atoms with Crippen molar-refractivity contribution in [2.24, 2.45) is 5.73 Å². The molecule has 0 spiro atoms. The Balaban J connectivity index is 2.39. The van der Waals surface area contributed by atoms with E-state index >= 15 is 0 Å². The summed E-state index contributed by atoms with van der Waals surface area (Å²) in [7, 11) is 0. The van der Waals surface area contributed by atoms with Crippen molar-refractivity contribution in [2.75, 3.05) is 12.3 Å². The van der Waals surface area contributed by atoms with Crippen LogP contribution in [0.2, 0.25) is 5.02 Å². The van der Waals surface area contributed by atoms with Gasteiger partial charge in [0.1, 0.15) is 23.5 Å². The molecule has 0 aliphatic rings. The van der Waals surface area contributed by atoms with Crippen molar-refractivity contribution in [2.45, 2.75) is 32.7 Å². The molecule has 2 aromatic heterocycles. The first-order valence-electron chi connectivity index (χ1n) is 8.06. The number of fused-ring (bicyclic) bond motifs is 1. The third-order valence-corrected chi connectivity index (χ3v) is 4.54. The summed E-state index contributed by atoms with van der Waals surface area (Å²) in [5.74, 6) is 0.421. The number of hydrogen-bond donors (Lipinski definition) is 3. The van der Waals surface area contributed by atoms with E-state index in [1.165, 1.54) is 6.33 Å². The average molecular weight is 360 g/mol. The quantitative estimate of drug-likeness (QED) is 0.665. The Morgan fingerprint density at radius 1 is 1.20 bits per heavy atom. The first-order valence-corrected chi connectivity index (χ1v) is 8.44. The zero-order valence-electron chi connectivity index (χ0n) is 14.5. The van der Waals surface area contributed by atoms with Gasteiger partial charge in [-0.3, -0.25) is 0 Å². The molecule has 0 aliphatic carbocycles. The Hall–Kier alpha value is -2.31. The minimum Gasteiger partial charge on any atom is -0.506 e. The van der Waals surface area contributed by atoms with Gasteiger partial charge >= 0.3 is 0 Å². The highest BCUT2D eigenvalue weighted by molar-refractivity contribution is 6.32. The molecule has 0 bridgehead atoms. The summed E-state index contributed by atoms with van der Waals surface area (Å²) in [6.07, 6.45) is 3.40. The van der Waals surface area contributed by atoms with Gasteiger partial charge in [-0.2, -0.15) is 0 Å². The number of halogens is 1. The predicted molar refractivity (Wildman–Crippen MR) is 102 cm³/mol. The molecular weight excluding hydrogens is 338 g/mol. The lowest BCUT2D eigenvalue weighted by molar-refractivity contribution is 0.474. The lowest BCUT2D eigenvalue weighted by Gasteiger charge is -2.23. The minimum absolute atomic E-state index is 0.0276. The van der Waals surface area contributed by atoms with E-state index in [0.29, 0.717) is 23.9 Å². The van der Waals surface area contributed by atoms with Crippen LogP contribution in [0.1, 0.15) is 26.3 Å².